The summed E-state index contributed by atoms with van der Waals surface area (Å²) in [5.74, 6) is 0.109. The van der Waals surface area contributed by atoms with Crippen molar-refractivity contribution in [1.29, 1.82) is 5.26 Å². The first-order valence-electron chi connectivity index (χ1n) is 11.3. The molecule has 0 aliphatic heterocycles. The molecule has 36 heavy (non-hydrogen) atoms. The molecule has 0 amide bonds. The van der Waals surface area contributed by atoms with Crippen LogP contribution in [0.25, 0.3) is 42.8 Å². The number of benzene rings is 3. The van der Waals surface area contributed by atoms with Crippen LogP contribution in [-0.2, 0) is 0 Å². The standard InChI is InChI=1S/C30H18N4OS/c31-17-22-24(18-10-4-1-5-11-18)25-27-29(36-30(25)34-26(22)19-12-6-2-7-13-19)21(16-23(32)33-27)28(35)20-14-8-3-9-15-20/h1-16H,(H2,32,33). The van der Waals surface area contributed by atoms with E-state index in [0.717, 1.165) is 22.1 Å². The van der Waals surface area contributed by atoms with Gasteiger partial charge in [0.2, 0.25) is 0 Å². The molecule has 6 aromatic rings. The molecule has 6 rings (SSSR count). The lowest BCUT2D eigenvalue weighted by molar-refractivity contribution is 0.104. The van der Waals surface area contributed by atoms with Crippen LogP contribution >= 0.6 is 11.3 Å². The molecule has 0 spiro atoms. The highest BCUT2D eigenvalue weighted by molar-refractivity contribution is 7.25. The summed E-state index contributed by atoms with van der Waals surface area (Å²) in [6.45, 7) is 0. The molecule has 3 aromatic carbocycles. The molecule has 0 aliphatic carbocycles. The van der Waals surface area contributed by atoms with Gasteiger partial charge in [-0.25, -0.2) is 9.97 Å². The van der Waals surface area contributed by atoms with Gasteiger partial charge >= 0.3 is 0 Å². The van der Waals surface area contributed by atoms with Crippen molar-refractivity contribution in [2.24, 2.45) is 0 Å². The number of nitrogen functional groups attached to an aromatic ring is 1. The van der Waals surface area contributed by atoms with Crippen molar-refractivity contribution in [3.05, 3.63) is 114 Å². The van der Waals surface area contributed by atoms with E-state index in [1.54, 1.807) is 18.2 Å². The Kier molecular flexibility index (Phi) is 5.25. The van der Waals surface area contributed by atoms with Gasteiger partial charge in [-0.15, -0.1) is 11.3 Å². The highest BCUT2D eigenvalue weighted by Crippen LogP contribution is 2.44. The molecule has 0 saturated carbocycles. The van der Waals surface area contributed by atoms with Crippen molar-refractivity contribution < 1.29 is 4.79 Å². The number of nitriles is 1. The number of ketones is 1. The number of carbonyl (C=O) groups is 1. The van der Waals surface area contributed by atoms with Gasteiger partial charge in [-0.2, -0.15) is 5.26 Å². The molecule has 3 heterocycles. The zero-order valence-corrected chi connectivity index (χ0v) is 19.8. The van der Waals surface area contributed by atoms with Crippen LogP contribution in [0, 0.1) is 11.3 Å². The van der Waals surface area contributed by atoms with Crippen LogP contribution in [0.5, 0.6) is 0 Å². The molecular formula is C30H18N4OS. The van der Waals surface area contributed by atoms with Gasteiger partial charge in [0.1, 0.15) is 16.7 Å². The summed E-state index contributed by atoms with van der Waals surface area (Å²) in [6.07, 6.45) is 0. The predicted molar refractivity (Wildman–Crippen MR) is 145 cm³/mol. The zero-order valence-electron chi connectivity index (χ0n) is 19.0. The Morgan fingerprint density at radius 1 is 0.833 bits per heavy atom. The van der Waals surface area contributed by atoms with E-state index in [1.807, 2.05) is 78.9 Å². The van der Waals surface area contributed by atoms with Crippen LogP contribution in [0.3, 0.4) is 0 Å². The summed E-state index contributed by atoms with van der Waals surface area (Å²) in [7, 11) is 0. The molecule has 0 aliphatic rings. The van der Waals surface area contributed by atoms with Crippen molar-refractivity contribution in [3.8, 4) is 28.5 Å². The second-order valence-electron chi connectivity index (χ2n) is 8.30. The number of nitrogens with two attached hydrogens (primary N) is 1. The fraction of sp³-hybridized carbons (Fsp3) is 0. The average Bonchev–Trinajstić information content (AvgIpc) is 3.30. The van der Waals surface area contributed by atoms with Gasteiger partial charge in [-0.1, -0.05) is 91.0 Å². The number of carbonyl (C=O) groups excluding carboxylic acids is 1. The van der Waals surface area contributed by atoms with Crippen LogP contribution in [0.1, 0.15) is 21.5 Å². The highest BCUT2D eigenvalue weighted by Gasteiger charge is 2.25. The molecule has 5 nitrogen and oxygen atoms in total. The van der Waals surface area contributed by atoms with Crippen molar-refractivity contribution in [2.75, 3.05) is 5.73 Å². The van der Waals surface area contributed by atoms with E-state index < -0.39 is 0 Å². The summed E-state index contributed by atoms with van der Waals surface area (Å²) in [6, 6.07) is 32.5. The quantitative estimate of drug-likeness (QED) is 0.277. The number of thiophene rings is 1. The fourth-order valence-corrected chi connectivity index (χ4v) is 5.64. The second kappa shape index (κ2) is 8.73. The van der Waals surface area contributed by atoms with Crippen molar-refractivity contribution >= 4 is 43.4 Å². The summed E-state index contributed by atoms with van der Waals surface area (Å²) in [4.78, 5) is 23.8. The van der Waals surface area contributed by atoms with E-state index in [4.69, 9.17) is 10.7 Å². The van der Waals surface area contributed by atoms with E-state index in [2.05, 4.69) is 11.1 Å². The maximum absolute atomic E-state index is 13.5. The van der Waals surface area contributed by atoms with Crippen molar-refractivity contribution in [1.82, 2.24) is 9.97 Å². The number of pyridine rings is 2. The zero-order chi connectivity index (χ0) is 24.6. The van der Waals surface area contributed by atoms with E-state index in [0.29, 0.717) is 37.4 Å². The maximum Gasteiger partial charge on any atom is 0.194 e. The number of anilines is 1. The topological polar surface area (TPSA) is 92.7 Å². The third-order valence-corrected chi connectivity index (χ3v) is 7.20. The first kappa shape index (κ1) is 21.7. The number of nitrogens with zero attached hydrogens (tertiary/aromatic N) is 3. The van der Waals surface area contributed by atoms with Gasteiger partial charge in [0.05, 0.1) is 21.5 Å². The van der Waals surface area contributed by atoms with Gasteiger partial charge < -0.3 is 5.73 Å². The molecule has 0 unspecified atom stereocenters. The first-order chi connectivity index (χ1) is 17.7. The highest BCUT2D eigenvalue weighted by atomic mass is 32.1. The van der Waals surface area contributed by atoms with E-state index in [-0.39, 0.29) is 11.6 Å². The van der Waals surface area contributed by atoms with E-state index in [1.165, 1.54) is 11.3 Å². The Bertz CT molecular complexity index is 1810. The Morgan fingerprint density at radius 2 is 1.44 bits per heavy atom. The molecule has 0 radical (unpaired) electrons. The van der Waals surface area contributed by atoms with Crippen molar-refractivity contribution in [2.45, 2.75) is 0 Å². The fourth-order valence-electron chi connectivity index (χ4n) is 4.50. The van der Waals surface area contributed by atoms with Gasteiger partial charge in [0.15, 0.2) is 5.78 Å². The molecule has 0 fully saturated rings. The molecule has 2 N–H and O–H groups in total. The molecule has 6 heteroatoms. The Labute approximate surface area is 211 Å². The molecule has 0 saturated heterocycles. The molecule has 0 atom stereocenters. The minimum Gasteiger partial charge on any atom is -0.384 e. The van der Waals surface area contributed by atoms with Gasteiger partial charge in [-0.3, -0.25) is 4.79 Å². The first-order valence-corrected chi connectivity index (χ1v) is 12.1. The summed E-state index contributed by atoms with van der Waals surface area (Å²) >= 11 is 1.40. The summed E-state index contributed by atoms with van der Waals surface area (Å²) < 4.78 is 0.701. The normalized spacial score (nSPS) is 11.0. The number of rotatable bonds is 4. The van der Waals surface area contributed by atoms with Crippen LogP contribution in [-0.4, -0.2) is 15.8 Å². The van der Waals surface area contributed by atoms with Crippen LogP contribution in [0.4, 0.5) is 5.82 Å². The second-order valence-corrected chi connectivity index (χ2v) is 9.30. The van der Waals surface area contributed by atoms with Gasteiger partial charge in [0.25, 0.3) is 0 Å². The number of aromatic nitrogens is 2. The smallest absolute Gasteiger partial charge is 0.194 e. The van der Waals surface area contributed by atoms with Gasteiger partial charge in [0, 0.05) is 27.6 Å². The van der Waals surface area contributed by atoms with Crippen LogP contribution in [0.15, 0.2) is 97.1 Å². The van der Waals surface area contributed by atoms with Crippen molar-refractivity contribution in [3.63, 3.8) is 0 Å². The SMILES string of the molecule is N#Cc1c(-c2ccccc2)nc2sc3c(C(=O)c4ccccc4)cc(N)nc3c2c1-c1ccccc1. The lowest BCUT2D eigenvalue weighted by atomic mass is 9.93. The monoisotopic (exact) mass is 482 g/mol. The third-order valence-electron chi connectivity index (χ3n) is 6.09. The molecule has 0 bridgehead atoms. The Balaban J connectivity index is 1.76. The molecule has 3 aromatic heterocycles. The predicted octanol–water partition coefficient (Wildman–Crippen LogP) is 6.86. The maximum atomic E-state index is 13.5. The number of hydrogen-bond donors (Lipinski definition) is 1. The summed E-state index contributed by atoms with van der Waals surface area (Å²) in [5, 5.41) is 11.1. The molecular weight excluding hydrogens is 464 g/mol. The Hall–Kier alpha value is -4.86. The lowest BCUT2D eigenvalue weighted by Crippen LogP contribution is -2.03. The molecule has 170 valence electrons. The van der Waals surface area contributed by atoms with Crippen LogP contribution < -0.4 is 5.73 Å². The van der Waals surface area contributed by atoms with Gasteiger partial charge in [-0.05, 0) is 11.6 Å². The van der Waals surface area contributed by atoms with E-state index >= 15 is 0 Å². The number of hydrogen-bond acceptors (Lipinski definition) is 6. The summed E-state index contributed by atoms with van der Waals surface area (Å²) in [5.41, 5.74) is 11.4. The third kappa shape index (κ3) is 3.50. The minimum atomic E-state index is -0.133. The Morgan fingerprint density at radius 3 is 2.08 bits per heavy atom. The van der Waals surface area contributed by atoms with E-state index in [9.17, 15) is 10.1 Å². The minimum absolute atomic E-state index is 0.133. The number of fused-ring (bicyclic) bond motifs is 3. The lowest BCUT2D eigenvalue weighted by Gasteiger charge is -2.12. The average molecular weight is 483 g/mol. The van der Waals surface area contributed by atoms with Crippen LogP contribution in [0.2, 0.25) is 0 Å². The largest absolute Gasteiger partial charge is 0.384 e.